The molecule has 5 rings (SSSR count). The number of carbonyl (C=O) groups is 1. The summed E-state index contributed by atoms with van der Waals surface area (Å²) in [5, 5.41) is 13.6. The number of aliphatic hydroxyl groups is 1. The average molecular weight is 437 g/mol. The number of fused-ring (bicyclic) bond motifs is 3. The summed E-state index contributed by atoms with van der Waals surface area (Å²) in [5.41, 5.74) is 2.36. The van der Waals surface area contributed by atoms with Crippen LogP contribution in [0.2, 0.25) is 0 Å². The number of pyridine rings is 2. The molecular weight excluding hydrogens is 404 g/mol. The molecule has 4 atom stereocenters. The van der Waals surface area contributed by atoms with E-state index < -0.39 is 0 Å². The molecule has 32 heavy (non-hydrogen) atoms. The van der Waals surface area contributed by atoms with Crippen LogP contribution in [0, 0.1) is 11.8 Å². The van der Waals surface area contributed by atoms with Crippen LogP contribution in [0.4, 0.5) is 0 Å². The number of aliphatic hydroxyl groups excluding tert-OH is 1. The van der Waals surface area contributed by atoms with E-state index >= 15 is 0 Å². The third kappa shape index (κ3) is 3.48. The van der Waals surface area contributed by atoms with E-state index in [1.807, 2.05) is 28.8 Å². The summed E-state index contributed by atoms with van der Waals surface area (Å²) < 4.78 is 1.85. The van der Waals surface area contributed by atoms with Crippen molar-refractivity contribution in [1.29, 1.82) is 0 Å². The zero-order valence-electron chi connectivity index (χ0n) is 18.6. The van der Waals surface area contributed by atoms with Crippen molar-refractivity contribution in [3.05, 3.63) is 52.7 Å². The largest absolute Gasteiger partial charge is 0.396 e. The van der Waals surface area contributed by atoms with Crippen molar-refractivity contribution < 1.29 is 9.90 Å². The Morgan fingerprint density at radius 3 is 2.72 bits per heavy atom. The molecule has 2 aromatic rings. The fraction of sp³-hybridized carbons (Fsp3) is 0.560. The third-order valence-electron chi connectivity index (χ3n) is 7.75. The quantitative estimate of drug-likeness (QED) is 0.751. The van der Waals surface area contributed by atoms with Gasteiger partial charge in [0, 0.05) is 60.2 Å². The molecule has 0 bridgehead atoms. The molecule has 1 aliphatic carbocycles. The monoisotopic (exact) mass is 436 g/mol. The molecule has 0 spiro atoms. The summed E-state index contributed by atoms with van der Waals surface area (Å²) >= 11 is 0. The number of amides is 1. The van der Waals surface area contributed by atoms with Gasteiger partial charge in [0.15, 0.2) is 0 Å². The lowest BCUT2D eigenvalue weighted by Crippen LogP contribution is -2.51. The lowest BCUT2D eigenvalue weighted by molar-refractivity contribution is -0.128. The Kier molecular flexibility index (Phi) is 5.86. The van der Waals surface area contributed by atoms with Gasteiger partial charge in [-0.25, -0.2) is 0 Å². The molecule has 1 saturated carbocycles. The van der Waals surface area contributed by atoms with Gasteiger partial charge < -0.3 is 15.0 Å². The molecule has 1 saturated heterocycles. The molecule has 170 valence electrons. The van der Waals surface area contributed by atoms with Gasteiger partial charge in [0.1, 0.15) is 0 Å². The highest BCUT2D eigenvalue weighted by Gasteiger charge is 2.55. The van der Waals surface area contributed by atoms with Crippen LogP contribution in [0.3, 0.4) is 0 Å². The molecule has 2 aromatic heterocycles. The Balaban J connectivity index is 1.46. The minimum absolute atomic E-state index is 0.0270. The van der Waals surface area contributed by atoms with Crippen molar-refractivity contribution in [2.45, 2.75) is 63.7 Å². The first kappa shape index (κ1) is 21.3. The molecule has 3 aliphatic rings. The van der Waals surface area contributed by atoms with Crippen LogP contribution in [-0.2, 0) is 11.3 Å². The molecule has 7 nitrogen and oxygen atoms in total. The van der Waals surface area contributed by atoms with Crippen LogP contribution in [0.25, 0.3) is 11.1 Å². The smallest absolute Gasteiger partial charge is 0.258 e. The molecule has 2 N–H and O–H groups in total. The molecule has 7 heteroatoms. The number of nitrogens with one attached hydrogen (secondary N) is 1. The van der Waals surface area contributed by atoms with Gasteiger partial charge in [0.25, 0.3) is 5.56 Å². The normalized spacial score (nSPS) is 27.8. The van der Waals surface area contributed by atoms with Gasteiger partial charge in [-0.1, -0.05) is 32.3 Å². The number of hydrogen-bond donors (Lipinski definition) is 2. The second kappa shape index (κ2) is 8.79. The molecule has 1 amide bonds. The molecule has 4 heterocycles. The maximum absolute atomic E-state index is 13.4. The van der Waals surface area contributed by atoms with Gasteiger partial charge in [-0.05, 0) is 37.6 Å². The Morgan fingerprint density at radius 2 is 2.03 bits per heavy atom. The predicted octanol–water partition coefficient (Wildman–Crippen LogP) is 2.34. The van der Waals surface area contributed by atoms with Crippen molar-refractivity contribution in [3.63, 3.8) is 0 Å². The lowest BCUT2D eigenvalue weighted by atomic mass is 9.87. The van der Waals surface area contributed by atoms with E-state index in [0.717, 1.165) is 36.9 Å². The van der Waals surface area contributed by atoms with E-state index in [1.54, 1.807) is 12.4 Å². The van der Waals surface area contributed by atoms with Gasteiger partial charge in [-0.15, -0.1) is 0 Å². The van der Waals surface area contributed by atoms with Crippen molar-refractivity contribution in [1.82, 2.24) is 19.8 Å². The number of carbonyl (C=O) groups excluding carboxylic acids is 1. The highest BCUT2D eigenvalue weighted by molar-refractivity contribution is 5.83. The fourth-order valence-corrected chi connectivity index (χ4v) is 6.26. The zero-order valence-corrected chi connectivity index (χ0v) is 18.6. The summed E-state index contributed by atoms with van der Waals surface area (Å²) in [5.74, 6) is -0.114. The number of rotatable bonds is 5. The summed E-state index contributed by atoms with van der Waals surface area (Å²) in [6.07, 6.45) is 9.05. The Bertz CT molecular complexity index is 1030. The van der Waals surface area contributed by atoms with Gasteiger partial charge >= 0.3 is 0 Å². The predicted molar refractivity (Wildman–Crippen MR) is 122 cm³/mol. The molecule has 0 unspecified atom stereocenters. The van der Waals surface area contributed by atoms with Gasteiger partial charge in [-0.3, -0.25) is 19.5 Å². The SMILES string of the molecule is CCN1[C@H](C(=O)NC2CCCCC2)[C@@H](CO)[C@@H]2Cn3c(ccc(-c4cccnc4)c3=O)[C@@H]21. The van der Waals surface area contributed by atoms with E-state index in [4.69, 9.17) is 0 Å². The highest BCUT2D eigenvalue weighted by Crippen LogP contribution is 2.49. The summed E-state index contributed by atoms with van der Waals surface area (Å²) in [6, 6.07) is 7.48. The first-order chi connectivity index (χ1) is 15.6. The lowest BCUT2D eigenvalue weighted by Gasteiger charge is -2.32. The van der Waals surface area contributed by atoms with Crippen LogP contribution in [0.1, 0.15) is 50.8 Å². The highest BCUT2D eigenvalue weighted by atomic mass is 16.3. The summed E-state index contributed by atoms with van der Waals surface area (Å²) in [4.78, 5) is 33.0. The van der Waals surface area contributed by atoms with Crippen LogP contribution in [-0.4, -0.2) is 50.7 Å². The van der Waals surface area contributed by atoms with Gasteiger partial charge in [0.05, 0.1) is 12.1 Å². The number of aromatic nitrogens is 2. The van der Waals surface area contributed by atoms with Crippen LogP contribution in [0.5, 0.6) is 0 Å². The first-order valence-electron chi connectivity index (χ1n) is 11.9. The topological polar surface area (TPSA) is 87.5 Å². The average Bonchev–Trinajstić information content (AvgIpc) is 3.35. The Morgan fingerprint density at radius 1 is 1.22 bits per heavy atom. The fourth-order valence-electron chi connectivity index (χ4n) is 6.26. The second-order valence-electron chi connectivity index (χ2n) is 9.40. The summed E-state index contributed by atoms with van der Waals surface area (Å²) in [6.45, 7) is 3.22. The van der Waals surface area contributed by atoms with E-state index in [0.29, 0.717) is 18.7 Å². The number of nitrogens with zero attached hydrogens (tertiary/aromatic N) is 3. The third-order valence-corrected chi connectivity index (χ3v) is 7.75. The number of likely N-dealkylation sites (N-methyl/N-ethyl adjacent to an activating group) is 1. The van der Waals surface area contributed by atoms with Crippen molar-refractivity contribution in [3.8, 4) is 11.1 Å². The number of likely N-dealkylation sites (tertiary alicyclic amines) is 1. The van der Waals surface area contributed by atoms with Crippen molar-refractivity contribution in [2.24, 2.45) is 11.8 Å². The van der Waals surface area contributed by atoms with Crippen molar-refractivity contribution in [2.75, 3.05) is 13.2 Å². The Labute approximate surface area is 188 Å². The maximum atomic E-state index is 13.4. The number of hydrogen-bond acceptors (Lipinski definition) is 5. The minimum atomic E-state index is -0.358. The molecular formula is C25H32N4O3. The van der Waals surface area contributed by atoms with Crippen LogP contribution < -0.4 is 10.9 Å². The molecule has 2 aliphatic heterocycles. The van der Waals surface area contributed by atoms with E-state index in [9.17, 15) is 14.7 Å². The minimum Gasteiger partial charge on any atom is -0.396 e. The summed E-state index contributed by atoms with van der Waals surface area (Å²) in [7, 11) is 0. The standard InChI is InChI=1S/C25H32N4O3/c1-2-28-22-19(20(15-30)23(28)24(31)27-17-8-4-3-5-9-17)14-29-21(22)11-10-18(25(29)32)16-7-6-12-26-13-16/h6-7,10-13,17,19-20,22-23,30H,2-5,8-9,14-15H2,1H3,(H,27,31)/t19-,20-,22+,23-/m0/s1. The molecule has 0 aromatic carbocycles. The van der Waals surface area contributed by atoms with Gasteiger partial charge in [-0.2, -0.15) is 0 Å². The van der Waals surface area contributed by atoms with Crippen LogP contribution in [0.15, 0.2) is 41.5 Å². The first-order valence-corrected chi connectivity index (χ1v) is 11.9. The Hall–Kier alpha value is -2.51. The van der Waals surface area contributed by atoms with E-state index in [-0.39, 0.29) is 48.0 Å². The maximum Gasteiger partial charge on any atom is 0.258 e. The van der Waals surface area contributed by atoms with Gasteiger partial charge in [0.2, 0.25) is 5.91 Å². The second-order valence-corrected chi connectivity index (χ2v) is 9.40. The molecule has 2 fully saturated rings. The van der Waals surface area contributed by atoms with Crippen molar-refractivity contribution >= 4 is 5.91 Å². The molecule has 0 radical (unpaired) electrons. The van der Waals surface area contributed by atoms with Crippen LogP contribution >= 0.6 is 0 Å². The zero-order chi connectivity index (χ0) is 22.2. The van der Waals surface area contributed by atoms with E-state index in [2.05, 4.69) is 22.1 Å². The van der Waals surface area contributed by atoms with E-state index in [1.165, 1.54) is 6.42 Å².